The lowest BCUT2D eigenvalue weighted by Crippen LogP contribution is -2.00. The number of carbonyl (C=O) groups excluding carboxylic acids is 1. The minimum Gasteiger partial charge on any atom is -0.465 e. The summed E-state index contributed by atoms with van der Waals surface area (Å²) in [5.74, 6) is 12.1. The molecule has 1 aromatic heterocycles. The van der Waals surface area contributed by atoms with Crippen molar-refractivity contribution in [3.05, 3.63) is 63.9 Å². The minimum absolute atomic E-state index is 0.326. The maximum absolute atomic E-state index is 11.3. The molecule has 0 radical (unpaired) electrons. The number of allylic oxidation sites excluding steroid dienone is 1. The predicted octanol–water partition coefficient (Wildman–Crippen LogP) is 4.77. The van der Waals surface area contributed by atoms with E-state index in [4.69, 9.17) is 0 Å². The lowest BCUT2D eigenvalue weighted by molar-refractivity contribution is 0.0600. The van der Waals surface area contributed by atoms with Gasteiger partial charge >= 0.3 is 5.97 Å². The van der Waals surface area contributed by atoms with E-state index in [-0.39, 0.29) is 5.97 Å². The Hall–Kier alpha value is -2.75. The van der Waals surface area contributed by atoms with Crippen molar-refractivity contribution in [1.82, 2.24) is 0 Å². The highest BCUT2D eigenvalue weighted by atomic mass is 32.1. The summed E-state index contributed by atoms with van der Waals surface area (Å²) in [5, 5.41) is 2.03. The second kappa shape index (κ2) is 10.1. The van der Waals surface area contributed by atoms with E-state index >= 15 is 0 Å². The van der Waals surface area contributed by atoms with Gasteiger partial charge in [0.1, 0.15) is 0 Å². The monoisotopic (exact) mass is 334 g/mol. The van der Waals surface area contributed by atoms with Crippen LogP contribution in [-0.2, 0) is 4.74 Å². The first-order chi connectivity index (χ1) is 11.8. The average Bonchev–Trinajstić information content (AvgIpc) is 3.13. The topological polar surface area (TPSA) is 26.3 Å². The van der Waals surface area contributed by atoms with Gasteiger partial charge in [-0.3, -0.25) is 0 Å². The van der Waals surface area contributed by atoms with Crippen LogP contribution < -0.4 is 0 Å². The van der Waals surface area contributed by atoms with Crippen molar-refractivity contribution in [1.29, 1.82) is 0 Å². The molecule has 0 aliphatic rings. The first-order valence-electron chi connectivity index (χ1n) is 7.65. The zero-order valence-electron chi connectivity index (χ0n) is 13.5. The van der Waals surface area contributed by atoms with Gasteiger partial charge in [-0.05, 0) is 47.7 Å². The Labute approximate surface area is 147 Å². The normalized spacial score (nSPS) is 9.71. The van der Waals surface area contributed by atoms with E-state index in [1.165, 1.54) is 7.11 Å². The van der Waals surface area contributed by atoms with Gasteiger partial charge in [0.05, 0.1) is 17.6 Å². The van der Waals surface area contributed by atoms with Crippen LogP contribution in [0.1, 0.15) is 40.1 Å². The van der Waals surface area contributed by atoms with Crippen molar-refractivity contribution in [2.24, 2.45) is 0 Å². The summed E-state index contributed by atoms with van der Waals surface area (Å²) in [5.41, 5.74) is 1.54. The van der Waals surface area contributed by atoms with Crippen molar-refractivity contribution in [2.75, 3.05) is 7.11 Å². The fourth-order valence-corrected chi connectivity index (χ4v) is 2.47. The SMILES string of the molecule is COC(=O)c1ccc(/C=C/C#CCCCC#Cc2cccs2)cc1. The molecule has 1 heterocycles. The summed E-state index contributed by atoms with van der Waals surface area (Å²) in [6, 6.07) is 11.3. The maximum Gasteiger partial charge on any atom is 0.337 e. The van der Waals surface area contributed by atoms with Crippen LogP contribution >= 0.6 is 11.3 Å². The van der Waals surface area contributed by atoms with Crippen molar-refractivity contribution < 1.29 is 9.53 Å². The standard InChI is InChI=1S/C21H18O2S/c1-23-21(22)19-15-13-18(14-16-19)10-7-5-3-2-4-6-8-11-20-12-9-17-24-20/h7,9-10,12-17H,2,4,6H2,1H3/b10-7+. The van der Waals surface area contributed by atoms with Crippen LogP contribution in [0.2, 0.25) is 0 Å². The number of rotatable bonds is 4. The molecule has 2 nitrogen and oxygen atoms in total. The fraction of sp³-hybridized carbons (Fsp3) is 0.190. The van der Waals surface area contributed by atoms with Gasteiger partial charge in [-0.15, -0.1) is 11.3 Å². The highest BCUT2D eigenvalue weighted by molar-refractivity contribution is 7.10. The Morgan fingerprint density at radius 2 is 1.96 bits per heavy atom. The van der Waals surface area contributed by atoms with Crippen molar-refractivity contribution >= 4 is 23.4 Å². The van der Waals surface area contributed by atoms with Gasteiger partial charge in [0.25, 0.3) is 0 Å². The Morgan fingerprint density at radius 1 is 1.17 bits per heavy atom. The van der Waals surface area contributed by atoms with Crippen LogP contribution in [0.5, 0.6) is 0 Å². The quantitative estimate of drug-likeness (QED) is 0.457. The van der Waals surface area contributed by atoms with E-state index in [2.05, 4.69) is 28.4 Å². The number of thiophene rings is 1. The number of benzene rings is 1. The fourth-order valence-electron chi connectivity index (χ4n) is 1.88. The summed E-state index contributed by atoms with van der Waals surface area (Å²) in [6.45, 7) is 0. The zero-order valence-corrected chi connectivity index (χ0v) is 14.4. The second-order valence-corrected chi connectivity index (χ2v) is 5.85. The van der Waals surface area contributed by atoms with Crippen LogP contribution in [0.4, 0.5) is 0 Å². The molecule has 0 saturated heterocycles. The van der Waals surface area contributed by atoms with E-state index < -0.39 is 0 Å². The van der Waals surface area contributed by atoms with Gasteiger partial charge in [0.2, 0.25) is 0 Å². The number of ether oxygens (including phenoxy) is 1. The third kappa shape index (κ3) is 6.16. The molecule has 2 rings (SSSR count). The van der Waals surface area contributed by atoms with E-state index in [0.717, 1.165) is 29.7 Å². The summed E-state index contributed by atoms with van der Waals surface area (Å²) in [6.07, 6.45) is 6.43. The summed E-state index contributed by atoms with van der Waals surface area (Å²) in [4.78, 5) is 12.4. The van der Waals surface area contributed by atoms with Crippen LogP contribution in [0.3, 0.4) is 0 Å². The predicted molar refractivity (Wildman–Crippen MR) is 99.6 cm³/mol. The molecular weight excluding hydrogens is 316 g/mol. The van der Waals surface area contributed by atoms with E-state index in [1.807, 2.05) is 41.8 Å². The Morgan fingerprint density at radius 3 is 2.67 bits per heavy atom. The molecule has 0 N–H and O–H groups in total. The van der Waals surface area contributed by atoms with Crippen molar-refractivity contribution in [3.63, 3.8) is 0 Å². The van der Waals surface area contributed by atoms with Crippen LogP contribution in [0.15, 0.2) is 47.9 Å². The Balaban J connectivity index is 1.70. The van der Waals surface area contributed by atoms with Crippen molar-refractivity contribution in [3.8, 4) is 23.7 Å². The summed E-state index contributed by atoms with van der Waals surface area (Å²) < 4.78 is 4.66. The van der Waals surface area contributed by atoms with Gasteiger partial charge in [0.15, 0.2) is 0 Å². The van der Waals surface area contributed by atoms with Gasteiger partial charge in [-0.2, -0.15) is 0 Å². The molecule has 0 bridgehead atoms. The van der Waals surface area contributed by atoms with Gasteiger partial charge < -0.3 is 4.74 Å². The molecule has 24 heavy (non-hydrogen) atoms. The first kappa shape index (κ1) is 17.6. The molecule has 0 aliphatic carbocycles. The van der Waals surface area contributed by atoms with E-state index in [9.17, 15) is 4.79 Å². The van der Waals surface area contributed by atoms with Gasteiger partial charge in [0, 0.05) is 12.8 Å². The molecule has 2 aromatic rings. The molecule has 0 amide bonds. The Bertz CT molecular complexity index is 792. The average molecular weight is 334 g/mol. The van der Waals surface area contributed by atoms with Crippen LogP contribution in [0.25, 0.3) is 6.08 Å². The molecule has 120 valence electrons. The molecule has 0 spiro atoms. The molecule has 0 atom stereocenters. The molecule has 0 saturated carbocycles. The van der Waals surface area contributed by atoms with E-state index in [1.54, 1.807) is 23.5 Å². The van der Waals surface area contributed by atoms with Crippen molar-refractivity contribution in [2.45, 2.75) is 19.3 Å². The lowest BCUT2D eigenvalue weighted by Gasteiger charge is -1.98. The van der Waals surface area contributed by atoms with Gasteiger partial charge in [-0.1, -0.05) is 41.9 Å². The number of esters is 1. The summed E-state index contributed by atoms with van der Waals surface area (Å²) in [7, 11) is 1.37. The highest BCUT2D eigenvalue weighted by Gasteiger charge is 2.02. The second-order valence-electron chi connectivity index (χ2n) is 4.90. The maximum atomic E-state index is 11.3. The smallest absolute Gasteiger partial charge is 0.337 e. The lowest BCUT2D eigenvalue weighted by atomic mass is 10.1. The number of methoxy groups -OCH3 is 1. The number of hydrogen-bond donors (Lipinski definition) is 0. The molecule has 0 aliphatic heterocycles. The Kier molecular flexibility index (Phi) is 7.41. The van der Waals surface area contributed by atoms with Gasteiger partial charge in [-0.25, -0.2) is 4.79 Å². The number of unbranched alkanes of at least 4 members (excludes halogenated alkanes) is 2. The molecular formula is C21H18O2S. The first-order valence-corrected chi connectivity index (χ1v) is 8.53. The van der Waals surface area contributed by atoms with Crippen LogP contribution in [0, 0.1) is 23.7 Å². The highest BCUT2D eigenvalue weighted by Crippen LogP contribution is 2.07. The zero-order chi connectivity index (χ0) is 17.0. The van der Waals surface area contributed by atoms with Crippen LogP contribution in [-0.4, -0.2) is 13.1 Å². The number of hydrogen-bond acceptors (Lipinski definition) is 3. The third-order valence-corrected chi connectivity index (χ3v) is 3.91. The molecule has 0 fully saturated rings. The summed E-state index contributed by atoms with van der Waals surface area (Å²) >= 11 is 1.66. The molecule has 1 aromatic carbocycles. The molecule has 3 heteroatoms. The molecule has 0 unspecified atom stereocenters. The minimum atomic E-state index is -0.326. The third-order valence-electron chi connectivity index (χ3n) is 3.13. The number of carbonyl (C=O) groups is 1. The van der Waals surface area contributed by atoms with E-state index in [0.29, 0.717) is 5.56 Å². The largest absolute Gasteiger partial charge is 0.465 e.